The van der Waals surface area contributed by atoms with Crippen molar-refractivity contribution in [3.05, 3.63) is 41.6 Å². The minimum atomic E-state index is -0.921. The number of halogens is 2. The fourth-order valence-corrected chi connectivity index (χ4v) is 1.85. The zero-order valence-corrected chi connectivity index (χ0v) is 12.5. The molecule has 0 aliphatic rings. The maximum Gasteiger partial charge on any atom is 0.229 e. The highest BCUT2D eigenvalue weighted by Gasteiger charge is 2.06. The summed E-state index contributed by atoms with van der Waals surface area (Å²) in [6.45, 7) is 3.21. The summed E-state index contributed by atoms with van der Waals surface area (Å²) in [6, 6.07) is 5.35. The molecular formula is C15H18F2N4O. The molecule has 5 nitrogen and oxygen atoms in total. The highest BCUT2D eigenvalue weighted by atomic mass is 19.2. The van der Waals surface area contributed by atoms with Crippen LogP contribution in [0.25, 0.3) is 0 Å². The van der Waals surface area contributed by atoms with Crippen molar-refractivity contribution in [1.82, 2.24) is 9.97 Å². The van der Waals surface area contributed by atoms with Crippen molar-refractivity contribution in [1.29, 1.82) is 0 Å². The van der Waals surface area contributed by atoms with Crippen molar-refractivity contribution < 1.29 is 13.5 Å². The van der Waals surface area contributed by atoms with Crippen LogP contribution in [0.2, 0.25) is 0 Å². The van der Waals surface area contributed by atoms with Crippen LogP contribution in [0.4, 0.5) is 26.2 Å². The predicted octanol–water partition coefficient (Wildman–Crippen LogP) is 3.26. The molecule has 0 aliphatic heterocycles. The Morgan fingerprint density at radius 2 is 1.95 bits per heavy atom. The van der Waals surface area contributed by atoms with Crippen LogP contribution in [0.1, 0.15) is 12.1 Å². The number of aryl methyl sites for hydroxylation is 1. The number of methoxy groups -OCH3 is 1. The van der Waals surface area contributed by atoms with Crippen molar-refractivity contribution in [2.45, 2.75) is 13.3 Å². The molecule has 118 valence electrons. The molecule has 22 heavy (non-hydrogen) atoms. The van der Waals surface area contributed by atoms with Gasteiger partial charge in [-0.25, -0.2) is 13.8 Å². The highest BCUT2D eigenvalue weighted by Crippen LogP contribution is 2.18. The van der Waals surface area contributed by atoms with E-state index in [0.29, 0.717) is 24.1 Å². The van der Waals surface area contributed by atoms with Crippen LogP contribution in [0.15, 0.2) is 24.3 Å². The number of rotatable bonds is 7. The fraction of sp³-hybridized carbons (Fsp3) is 0.333. The van der Waals surface area contributed by atoms with Gasteiger partial charge in [-0.05, 0) is 25.5 Å². The smallest absolute Gasteiger partial charge is 0.229 e. The van der Waals surface area contributed by atoms with Gasteiger partial charge in [0.15, 0.2) is 11.6 Å². The first kappa shape index (κ1) is 16.1. The third-order valence-electron chi connectivity index (χ3n) is 2.86. The van der Waals surface area contributed by atoms with Gasteiger partial charge >= 0.3 is 0 Å². The minimum absolute atomic E-state index is 0.320. The van der Waals surface area contributed by atoms with Gasteiger partial charge in [0.1, 0.15) is 5.82 Å². The van der Waals surface area contributed by atoms with Crippen molar-refractivity contribution in [2.75, 3.05) is 30.9 Å². The second kappa shape index (κ2) is 7.65. The molecule has 0 spiro atoms. The average Bonchev–Trinajstić information content (AvgIpc) is 2.47. The van der Waals surface area contributed by atoms with E-state index in [1.54, 1.807) is 7.11 Å². The molecule has 7 heteroatoms. The SMILES string of the molecule is COCCCNc1cc(C)nc(Nc2ccc(F)c(F)c2)n1. The zero-order chi connectivity index (χ0) is 15.9. The van der Waals surface area contributed by atoms with E-state index in [9.17, 15) is 8.78 Å². The number of nitrogens with one attached hydrogen (secondary N) is 2. The lowest BCUT2D eigenvalue weighted by atomic mass is 10.3. The van der Waals surface area contributed by atoms with Crippen LogP contribution in [-0.2, 0) is 4.74 Å². The van der Waals surface area contributed by atoms with Gasteiger partial charge in [-0.15, -0.1) is 0 Å². The zero-order valence-electron chi connectivity index (χ0n) is 12.5. The lowest BCUT2D eigenvalue weighted by Gasteiger charge is -2.10. The lowest BCUT2D eigenvalue weighted by molar-refractivity contribution is 0.198. The van der Waals surface area contributed by atoms with Crippen molar-refractivity contribution in [2.24, 2.45) is 0 Å². The molecule has 0 atom stereocenters. The van der Waals surface area contributed by atoms with E-state index < -0.39 is 11.6 Å². The first-order valence-corrected chi connectivity index (χ1v) is 6.89. The Kier molecular flexibility index (Phi) is 5.60. The Bertz CT molecular complexity index is 637. The molecule has 0 saturated carbocycles. The van der Waals surface area contributed by atoms with Gasteiger partial charge in [0.2, 0.25) is 5.95 Å². The molecule has 1 aromatic heterocycles. The van der Waals surface area contributed by atoms with Gasteiger partial charge < -0.3 is 15.4 Å². The van der Waals surface area contributed by atoms with E-state index in [-0.39, 0.29) is 0 Å². The van der Waals surface area contributed by atoms with Crippen molar-refractivity contribution in [3.63, 3.8) is 0 Å². The van der Waals surface area contributed by atoms with Crippen molar-refractivity contribution in [3.8, 4) is 0 Å². The molecule has 0 saturated heterocycles. The maximum atomic E-state index is 13.2. The summed E-state index contributed by atoms with van der Waals surface area (Å²) in [5.41, 5.74) is 1.14. The second-order valence-electron chi connectivity index (χ2n) is 4.75. The first-order valence-electron chi connectivity index (χ1n) is 6.89. The van der Waals surface area contributed by atoms with Gasteiger partial charge in [0.05, 0.1) is 0 Å². The number of anilines is 3. The third kappa shape index (κ3) is 4.63. The van der Waals surface area contributed by atoms with Gasteiger partial charge in [-0.1, -0.05) is 0 Å². The van der Waals surface area contributed by atoms with Crippen LogP contribution in [-0.4, -0.2) is 30.2 Å². The Hall–Kier alpha value is -2.28. The number of benzene rings is 1. The van der Waals surface area contributed by atoms with E-state index in [4.69, 9.17) is 4.74 Å². The summed E-state index contributed by atoms with van der Waals surface area (Å²) in [4.78, 5) is 8.51. The Balaban J connectivity index is 2.06. The van der Waals surface area contributed by atoms with Crippen molar-refractivity contribution >= 4 is 17.5 Å². The molecule has 2 N–H and O–H groups in total. The first-order chi connectivity index (χ1) is 10.6. The van der Waals surface area contributed by atoms with Gasteiger partial charge in [-0.2, -0.15) is 4.98 Å². The topological polar surface area (TPSA) is 59.1 Å². The average molecular weight is 308 g/mol. The number of hydrogen-bond acceptors (Lipinski definition) is 5. The van der Waals surface area contributed by atoms with E-state index in [2.05, 4.69) is 20.6 Å². The molecule has 0 aliphatic carbocycles. The Morgan fingerprint density at radius 1 is 1.14 bits per heavy atom. The number of aromatic nitrogens is 2. The van der Waals surface area contributed by atoms with E-state index in [1.807, 2.05) is 13.0 Å². The largest absolute Gasteiger partial charge is 0.385 e. The molecule has 0 radical (unpaired) electrons. The van der Waals surface area contributed by atoms with E-state index in [1.165, 1.54) is 6.07 Å². The van der Waals surface area contributed by atoms with Crippen LogP contribution in [0.5, 0.6) is 0 Å². The van der Waals surface area contributed by atoms with Crippen LogP contribution in [0.3, 0.4) is 0 Å². The summed E-state index contributed by atoms with van der Waals surface area (Å²) < 4.78 is 31.1. The Labute approximate surface area is 127 Å². The summed E-state index contributed by atoms with van der Waals surface area (Å²) >= 11 is 0. The molecule has 0 amide bonds. The van der Waals surface area contributed by atoms with Gasteiger partial charge in [0.25, 0.3) is 0 Å². The normalized spacial score (nSPS) is 10.5. The number of hydrogen-bond donors (Lipinski definition) is 2. The number of nitrogens with zero attached hydrogens (tertiary/aromatic N) is 2. The van der Waals surface area contributed by atoms with E-state index >= 15 is 0 Å². The fourth-order valence-electron chi connectivity index (χ4n) is 1.85. The molecule has 2 rings (SSSR count). The summed E-state index contributed by atoms with van der Waals surface area (Å²) in [5.74, 6) is -0.833. The highest BCUT2D eigenvalue weighted by molar-refractivity contribution is 5.55. The molecule has 1 aromatic carbocycles. The van der Waals surface area contributed by atoms with Crippen LogP contribution >= 0.6 is 0 Å². The minimum Gasteiger partial charge on any atom is -0.385 e. The Morgan fingerprint density at radius 3 is 2.68 bits per heavy atom. The quantitative estimate of drug-likeness (QED) is 0.769. The summed E-state index contributed by atoms with van der Waals surface area (Å²) in [6.07, 6.45) is 0.853. The van der Waals surface area contributed by atoms with Gasteiger partial charge in [-0.3, -0.25) is 0 Å². The monoisotopic (exact) mass is 308 g/mol. The standard InChI is InChI=1S/C15H18F2N4O/c1-10-8-14(18-6-3-7-22-2)21-15(19-10)20-11-4-5-12(16)13(17)9-11/h4-5,8-9H,3,6-7H2,1-2H3,(H2,18,19,20,21). The number of ether oxygens (including phenoxy) is 1. The molecule has 0 fully saturated rings. The lowest BCUT2D eigenvalue weighted by Crippen LogP contribution is -2.08. The van der Waals surface area contributed by atoms with Crippen LogP contribution < -0.4 is 10.6 Å². The molecule has 0 bridgehead atoms. The third-order valence-corrected chi connectivity index (χ3v) is 2.86. The maximum absolute atomic E-state index is 13.2. The predicted molar refractivity (Wildman–Crippen MR) is 81.4 cm³/mol. The van der Waals surface area contributed by atoms with Crippen LogP contribution in [0, 0.1) is 18.6 Å². The summed E-state index contributed by atoms with van der Waals surface area (Å²) in [5, 5.41) is 6.02. The molecule has 2 aromatic rings. The second-order valence-corrected chi connectivity index (χ2v) is 4.75. The van der Waals surface area contributed by atoms with Gasteiger partial charge in [0, 0.05) is 43.8 Å². The van der Waals surface area contributed by atoms with E-state index in [0.717, 1.165) is 30.8 Å². The summed E-state index contributed by atoms with van der Waals surface area (Å²) in [7, 11) is 1.65. The molecule has 0 unspecified atom stereocenters. The molecular weight excluding hydrogens is 290 g/mol. The molecule has 1 heterocycles.